The summed E-state index contributed by atoms with van der Waals surface area (Å²) in [4.78, 5) is 14.2. The summed E-state index contributed by atoms with van der Waals surface area (Å²) in [6.45, 7) is 0.0101. The van der Waals surface area contributed by atoms with Gasteiger partial charge in [-0.2, -0.15) is 13.2 Å². The lowest BCUT2D eigenvalue weighted by molar-refractivity contribution is -0.137. The maximum absolute atomic E-state index is 13.4. The third kappa shape index (κ3) is 4.65. The van der Waals surface area contributed by atoms with E-state index in [2.05, 4.69) is 0 Å². The first kappa shape index (κ1) is 23.1. The number of carbonyl (C=O) groups is 1. The molecule has 1 aliphatic rings. The highest BCUT2D eigenvalue weighted by molar-refractivity contribution is 5.98. The van der Waals surface area contributed by atoms with Gasteiger partial charge in [0.15, 0.2) is 0 Å². The highest BCUT2D eigenvalue weighted by Gasteiger charge is 2.35. The van der Waals surface area contributed by atoms with E-state index in [0.717, 1.165) is 28.6 Å². The van der Waals surface area contributed by atoms with Gasteiger partial charge in [0.05, 0.1) is 11.8 Å². The Balaban J connectivity index is 1.47. The van der Waals surface area contributed by atoms with E-state index in [0.29, 0.717) is 22.3 Å². The molecule has 0 saturated carbocycles. The molecular formula is C27H20F5NO2. The average Bonchev–Trinajstić information content (AvgIpc) is 3.31. The first-order valence-corrected chi connectivity index (χ1v) is 11.1. The van der Waals surface area contributed by atoms with Crippen LogP contribution >= 0.6 is 0 Å². The van der Waals surface area contributed by atoms with Gasteiger partial charge in [0, 0.05) is 42.4 Å². The van der Waals surface area contributed by atoms with Crippen molar-refractivity contribution < 1.29 is 31.2 Å². The minimum Gasteiger partial charge on any atom is -0.464 e. The molecule has 1 aromatic heterocycles. The minimum absolute atomic E-state index is 0.00505. The van der Waals surface area contributed by atoms with Gasteiger partial charge in [-0.05, 0) is 59.2 Å². The molecule has 0 atom stereocenters. The second-order valence-electron chi connectivity index (χ2n) is 8.67. The van der Waals surface area contributed by atoms with Crippen LogP contribution in [0.25, 0.3) is 33.2 Å². The van der Waals surface area contributed by atoms with Gasteiger partial charge in [0.25, 0.3) is 11.8 Å². The number of carbonyl (C=O) groups excluding carboxylic acids is 1. The first-order chi connectivity index (χ1) is 16.6. The van der Waals surface area contributed by atoms with E-state index in [-0.39, 0.29) is 31.8 Å². The Kier molecular flexibility index (Phi) is 5.62. The van der Waals surface area contributed by atoms with Gasteiger partial charge < -0.3 is 9.32 Å². The van der Waals surface area contributed by atoms with Gasteiger partial charge in [-0.15, -0.1) is 0 Å². The molecule has 8 heteroatoms. The number of halogens is 5. The predicted molar refractivity (Wildman–Crippen MR) is 122 cm³/mol. The molecule has 0 spiro atoms. The van der Waals surface area contributed by atoms with Crippen LogP contribution in [0.2, 0.25) is 0 Å². The van der Waals surface area contributed by atoms with Crippen LogP contribution in [-0.4, -0.2) is 29.8 Å². The van der Waals surface area contributed by atoms with Crippen molar-refractivity contribution >= 4 is 16.9 Å². The fourth-order valence-corrected chi connectivity index (χ4v) is 4.35. The number of likely N-dealkylation sites (tertiary alicyclic amines) is 1. The summed E-state index contributed by atoms with van der Waals surface area (Å²) >= 11 is 0. The summed E-state index contributed by atoms with van der Waals surface area (Å²) in [5.41, 5.74) is 2.49. The maximum Gasteiger partial charge on any atom is 0.416 e. The Bertz CT molecular complexity index is 1380. The molecule has 180 valence electrons. The van der Waals surface area contributed by atoms with Crippen LogP contribution in [-0.2, 0) is 6.18 Å². The summed E-state index contributed by atoms with van der Waals surface area (Å²) in [5.74, 6) is -3.04. The number of piperidine rings is 1. The number of nitrogens with zero attached hydrogens (tertiary/aromatic N) is 1. The monoisotopic (exact) mass is 485 g/mol. The van der Waals surface area contributed by atoms with Crippen LogP contribution in [0.5, 0.6) is 0 Å². The van der Waals surface area contributed by atoms with Gasteiger partial charge in [-0.1, -0.05) is 24.3 Å². The predicted octanol–water partition coefficient (Wildman–Crippen LogP) is 7.66. The lowest BCUT2D eigenvalue weighted by atomic mass is 9.95. The molecule has 1 fully saturated rings. The molecule has 3 aromatic carbocycles. The fourth-order valence-electron chi connectivity index (χ4n) is 4.35. The molecule has 1 aliphatic heterocycles. The van der Waals surface area contributed by atoms with E-state index in [9.17, 15) is 26.7 Å². The lowest BCUT2D eigenvalue weighted by Crippen LogP contribution is -2.42. The maximum atomic E-state index is 13.4. The molecule has 0 unspecified atom stereocenters. The molecule has 0 N–H and O–H groups in total. The van der Waals surface area contributed by atoms with Gasteiger partial charge in [0.2, 0.25) is 0 Å². The van der Waals surface area contributed by atoms with E-state index < -0.39 is 17.7 Å². The largest absolute Gasteiger partial charge is 0.464 e. The average molecular weight is 485 g/mol. The van der Waals surface area contributed by atoms with Crippen LogP contribution in [0.1, 0.15) is 28.8 Å². The molecule has 0 aliphatic carbocycles. The highest BCUT2D eigenvalue weighted by atomic mass is 19.4. The number of fused-ring (bicyclic) bond motifs is 1. The van der Waals surface area contributed by atoms with E-state index in [4.69, 9.17) is 4.42 Å². The van der Waals surface area contributed by atoms with Gasteiger partial charge in [-0.3, -0.25) is 4.79 Å². The minimum atomic E-state index is -4.47. The molecular weight excluding hydrogens is 465 g/mol. The second-order valence-corrected chi connectivity index (χ2v) is 8.67. The number of hydrogen-bond donors (Lipinski definition) is 0. The number of benzene rings is 3. The zero-order valence-electron chi connectivity index (χ0n) is 18.4. The van der Waals surface area contributed by atoms with Crippen molar-refractivity contribution in [3.05, 3.63) is 84.1 Å². The zero-order chi connectivity index (χ0) is 24.8. The van der Waals surface area contributed by atoms with Crippen LogP contribution in [0.3, 0.4) is 0 Å². The quantitative estimate of drug-likeness (QED) is 0.279. The normalized spacial score (nSPS) is 16.0. The topological polar surface area (TPSA) is 33.5 Å². The third-order valence-corrected chi connectivity index (χ3v) is 6.30. The summed E-state index contributed by atoms with van der Waals surface area (Å²) in [7, 11) is 0. The molecule has 1 amide bonds. The Morgan fingerprint density at radius 1 is 0.857 bits per heavy atom. The third-order valence-electron chi connectivity index (χ3n) is 6.30. The van der Waals surface area contributed by atoms with Crippen LogP contribution in [0.15, 0.2) is 77.4 Å². The number of alkyl halides is 5. The highest BCUT2D eigenvalue weighted by Crippen LogP contribution is 2.38. The zero-order valence-corrected chi connectivity index (χ0v) is 18.4. The van der Waals surface area contributed by atoms with Crippen molar-refractivity contribution in [3.8, 4) is 22.3 Å². The van der Waals surface area contributed by atoms with Crippen molar-refractivity contribution in [2.75, 3.05) is 13.1 Å². The molecule has 4 aromatic rings. The van der Waals surface area contributed by atoms with Crippen molar-refractivity contribution in [3.63, 3.8) is 0 Å². The molecule has 1 saturated heterocycles. The van der Waals surface area contributed by atoms with Gasteiger partial charge >= 0.3 is 6.18 Å². The summed E-state index contributed by atoms with van der Waals surface area (Å²) in [5, 5.41) is 0.726. The molecule has 5 rings (SSSR count). The van der Waals surface area contributed by atoms with E-state index in [1.165, 1.54) is 17.2 Å². The van der Waals surface area contributed by atoms with Crippen molar-refractivity contribution in [1.29, 1.82) is 0 Å². The standard InChI is InChI=1S/C27H20F5NO2/c28-26(29)9-11-33(12-10-26)25(34)18-6-4-17(5-7-18)21-14-20-8-13-35-24(20)23(16-21)19-2-1-3-22(15-19)27(30,31)32/h1-8,13-16H,9-12H2. The van der Waals surface area contributed by atoms with Crippen LogP contribution < -0.4 is 0 Å². The SMILES string of the molecule is O=C(c1ccc(-c2cc(-c3cccc(C(F)(F)F)c3)c3occc3c2)cc1)N1CCC(F)(F)CC1. The van der Waals surface area contributed by atoms with Crippen molar-refractivity contribution in [2.45, 2.75) is 24.9 Å². The van der Waals surface area contributed by atoms with Crippen LogP contribution in [0.4, 0.5) is 22.0 Å². The van der Waals surface area contributed by atoms with E-state index in [1.807, 2.05) is 6.07 Å². The fraction of sp³-hybridized carbons (Fsp3) is 0.222. The Hall–Kier alpha value is -3.68. The van der Waals surface area contributed by atoms with Crippen molar-refractivity contribution in [1.82, 2.24) is 4.90 Å². The molecule has 0 bridgehead atoms. The Morgan fingerprint density at radius 3 is 2.26 bits per heavy atom. The van der Waals surface area contributed by atoms with E-state index >= 15 is 0 Å². The molecule has 35 heavy (non-hydrogen) atoms. The summed E-state index contributed by atoms with van der Waals surface area (Å²) in [6.07, 6.45) is -3.68. The summed E-state index contributed by atoms with van der Waals surface area (Å²) in [6, 6.07) is 17.2. The summed E-state index contributed by atoms with van der Waals surface area (Å²) < 4.78 is 72.2. The van der Waals surface area contributed by atoms with Gasteiger partial charge in [0.1, 0.15) is 5.58 Å². The molecule has 0 radical (unpaired) electrons. The lowest BCUT2D eigenvalue weighted by Gasteiger charge is -2.31. The number of hydrogen-bond acceptors (Lipinski definition) is 2. The smallest absolute Gasteiger partial charge is 0.416 e. The number of amides is 1. The molecule has 2 heterocycles. The Labute approximate surface area is 197 Å². The van der Waals surface area contributed by atoms with Gasteiger partial charge in [-0.25, -0.2) is 8.78 Å². The number of furan rings is 1. The van der Waals surface area contributed by atoms with E-state index in [1.54, 1.807) is 42.5 Å². The number of rotatable bonds is 3. The van der Waals surface area contributed by atoms with Crippen LogP contribution in [0, 0.1) is 0 Å². The Morgan fingerprint density at radius 2 is 1.57 bits per heavy atom. The second kappa shape index (κ2) is 8.52. The first-order valence-electron chi connectivity index (χ1n) is 11.1. The molecule has 3 nitrogen and oxygen atoms in total. The van der Waals surface area contributed by atoms with Crippen molar-refractivity contribution in [2.24, 2.45) is 0 Å².